The minimum Gasteiger partial charge on any atom is -0.480 e. The van der Waals surface area contributed by atoms with Crippen LogP contribution in [0.15, 0.2) is 28.6 Å². The molecule has 1 N–H and O–H groups in total. The van der Waals surface area contributed by atoms with Gasteiger partial charge >= 0.3 is 5.97 Å². The summed E-state index contributed by atoms with van der Waals surface area (Å²) in [5, 5.41) is 9.23. The van der Waals surface area contributed by atoms with E-state index in [1.807, 2.05) is 24.3 Å². The van der Waals surface area contributed by atoms with E-state index in [1.165, 1.54) is 16.7 Å². The molecule has 0 aliphatic carbocycles. The van der Waals surface area contributed by atoms with Crippen LogP contribution in [0.4, 0.5) is 0 Å². The number of amides is 1. The molecule has 1 unspecified atom stereocenters. The van der Waals surface area contributed by atoms with Gasteiger partial charge in [-0.15, -0.1) is 11.3 Å². The highest BCUT2D eigenvalue weighted by Gasteiger charge is 2.31. The molecule has 22 heavy (non-hydrogen) atoms. The number of carboxylic acids is 1. The van der Waals surface area contributed by atoms with Crippen molar-refractivity contribution in [2.24, 2.45) is 0 Å². The SMILES string of the molecule is O=C(O)C1CCCCN1C(=O)CSc1nc2ccccc2s1. The Balaban J connectivity index is 1.64. The fourth-order valence-corrected chi connectivity index (χ4v) is 4.56. The van der Waals surface area contributed by atoms with Crippen LogP contribution in [0.3, 0.4) is 0 Å². The summed E-state index contributed by atoms with van der Waals surface area (Å²) < 4.78 is 1.94. The van der Waals surface area contributed by atoms with E-state index in [0.717, 1.165) is 27.4 Å². The van der Waals surface area contributed by atoms with E-state index in [4.69, 9.17) is 0 Å². The van der Waals surface area contributed by atoms with Gasteiger partial charge in [0.2, 0.25) is 5.91 Å². The van der Waals surface area contributed by atoms with Gasteiger partial charge in [0.1, 0.15) is 6.04 Å². The molecule has 1 aliphatic heterocycles. The molecule has 2 heterocycles. The van der Waals surface area contributed by atoms with E-state index in [9.17, 15) is 14.7 Å². The summed E-state index contributed by atoms with van der Waals surface area (Å²) in [6.07, 6.45) is 2.29. The van der Waals surface area contributed by atoms with E-state index in [-0.39, 0.29) is 11.7 Å². The van der Waals surface area contributed by atoms with Gasteiger partial charge in [0, 0.05) is 6.54 Å². The second-order valence-electron chi connectivity index (χ2n) is 5.17. The van der Waals surface area contributed by atoms with Crippen LogP contribution >= 0.6 is 23.1 Å². The van der Waals surface area contributed by atoms with E-state index < -0.39 is 12.0 Å². The summed E-state index contributed by atoms with van der Waals surface area (Å²) in [7, 11) is 0. The molecule has 0 bridgehead atoms. The quantitative estimate of drug-likeness (QED) is 0.869. The van der Waals surface area contributed by atoms with Crippen LogP contribution in [0.5, 0.6) is 0 Å². The van der Waals surface area contributed by atoms with Crippen molar-refractivity contribution in [3.05, 3.63) is 24.3 Å². The predicted molar refractivity (Wildman–Crippen MR) is 87.3 cm³/mol. The molecule has 0 radical (unpaired) electrons. The zero-order valence-electron chi connectivity index (χ0n) is 11.9. The van der Waals surface area contributed by atoms with Gasteiger partial charge in [-0.2, -0.15) is 0 Å². The first-order chi connectivity index (χ1) is 10.6. The smallest absolute Gasteiger partial charge is 0.326 e. The molecule has 0 spiro atoms. The standard InChI is InChI=1S/C15H16N2O3S2/c18-13(17-8-4-3-6-11(17)14(19)20)9-21-15-16-10-5-1-2-7-12(10)22-15/h1-2,5,7,11H,3-4,6,8-9H2,(H,19,20). The fraction of sp³-hybridized carbons (Fsp3) is 0.400. The van der Waals surface area contributed by atoms with Gasteiger partial charge in [0.05, 0.1) is 16.0 Å². The molecule has 1 amide bonds. The van der Waals surface area contributed by atoms with Crippen molar-refractivity contribution in [3.63, 3.8) is 0 Å². The van der Waals surface area contributed by atoms with Gasteiger partial charge in [0.15, 0.2) is 4.34 Å². The number of thioether (sulfide) groups is 1. The van der Waals surface area contributed by atoms with Crippen molar-refractivity contribution >= 4 is 45.2 Å². The summed E-state index contributed by atoms with van der Waals surface area (Å²) in [6, 6.07) is 7.18. The molecule has 0 saturated carbocycles. The molecule has 1 fully saturated rings. The first-order valence-electron chi connectivity index (χ1n) is 7.16. The van der Waals surface area contributed by atoms with Crippen LogP contribution in [0.2, 0.25) is 0 Å². The van der Waals surface area contributed by atoms with Crippen molar-refractivity contribution in [3.8, 4) is 0 Å². The number of likely N-dealkylation sites (tertiary alicyclic amines) is 1. The van der Waals surface area contributed by atoms with Gasteiger partial charge < -0.3 is 10.0 Å². The van der Waals surface area contributed by atoms with Gasteiger partial charge in [-0.25, -0.2) is 9.78 Å². The number of nitrogens with zero attached hydrogens (tertiary/aromatic N) is 2. The lowest BCUT2D eigenvalue weighted by atomic mass is 10.0. The minimum atomic E-state index is -0.905. The molecule has 1 aliphatic rings. The first-order valence-corrected chi connectivity index (χ1v) is 8.96. The normalized spacial score (nSPS) is 18.5. The maximum absolute atomic E-state index is 12.3. The Morgan fingerprint density at radius 1 is 1.36 bits per heavy atom. The summed E-state index contributed by atoms with van der Waals surface area (Å²) in [5.41, 5.74) is 0.934. The second kappa shape index (κ2) is 6.66. The predicted octanol–water partition coefficient (Wildman–Crippen LogP) is 2.85. The van der Waals surface area contributed by atoms with Crippen LogP contribution < -0.4 is 0 Å². The Morgan fingerprint density at radius 3 is 2.95 bits per heavy atom. The third-order valence-corrected chi connectivity index (χ3v) is 5.87. The number of rotatable bonds is 4. The second-order valence-corrected chi connectivity index (χ2v) is 7.43. The van der Waals surface area contributed by atoms with Crippen LogP contribution in [0, 0.1) is 0 Å². The maximum atomic E-state index is 12.3. The molecule has 1 atom stereocenters. The van der Waals surface area contributed by atoms with E-state index in [1.54, 1.807) is 11.3 Å². The first kappa shape index (κ1) is 15.3. The Bertz CT molecular complexity index is 668. The summed E-state index contributed by atoms with van der Waals surface area (Å²) in [6.45, 7) is 0.538. The number of aliphatic carboxylic acids is 1. The summed E-state index contributed by atoms with van der Waals surface area (Å²) in [4.78, 5) is 29.6. The summed E-state index contributed by atoms with van der Waals surface area (Å²) >= 11 is 2.94. The average molecular weight is 336 g/mol. The van der Waals surface area contributed by atoms with E-state index >= 15 is 0 Å². The third kappa shape index (κ3) is 3.25. The average Bonchev–Trinajstić information content (AvgIpc) is 2.95. The van der Waals surface area contributed by atoms with Gasteiger partial charge in [-0.05, 0) is 31.4 Å². The maximum Gasteiger partial charge on any atom is 0.326 e. The molecule has 7 heteroatoms. The van der Waals surface area contributed by atoms with Crippen molar-refractivity contribution in [1.29, 1.82) is 0 Å². The molecule has 1 aromatic heterocycles. The van der Waals surface area contributed by atoms with Crippen molar-refractivity contribution in [2.45, 2.75) is 29.6 Å². The van der Waals surface area contributed by atoms with Crippen molar-refractivity contribution in [1.82, 2.24) is 9.88 Å². The van der Waals surface area contributed by atoms with Gasteiger partial charge in [-0.1, -0.05) is 23.9 Å². The number of carbonyl (C=O) groups excluding carboxylic acids is 1. The number of thiazole rings is 1. The van der Waals surface area contributed by atoms with Crippen molar-refractivity contribution in [2.75, 3.05) is 12.3 Å². The number of fused-ring (bicyclic) bond motifs is 1. The Kier molecular flexibility index (Phi) is 4.63. The number of hydrogen-bond acceptors (Lipinski definition) is 5. The summed E-state index contributed by atoms with van der Waals surface area (Å²) in [5.74, 6) is -0.779. The lowest BCUT2D eigenvalue weighted by molar-refractivity contribution is -0.150. The Hall–Kier alpha value is -1.60. The topological polar surface area (TPSA) is 70.5 Å². The lowest BCUT2D eigenvalue weighted by Gasteiger charge is -2.32. The van der Waals surface area contributed by atoms with Crippen molar-refractivity contribution < 1.29 is 14.7 Å². The highest BCUT2D eigenvalue weighted by molar-refractivity contribution is 8.01. The molecule has 116 valence electrons. The molecular formula is C15H16N2O3S2. The van der Waals surface area contributed by atoms with E-state index in [2.05, 4.69) is 4.98 Å². The fourth-order valence-electron chi connectivity index (χ4n) is 2.61. The largest absolute Gasteiger partial charge is 0.480 e. The molecule has 5 nitrogen and oxygen atoms in total. The third-order valence-electron chi connectivity index (χ3n) is 3.70. The van der Waals surface area contributed by atoms with Crippen LogP contribution in [-0.4, -0.2) is 45.2 Å². The highest BCUT2D eigenvalue weighted by atomic mass is 32.2. The Morgan fingerprint density at radius 2 is 2.18 bits per heavy atom. The number of piperidine rings is 1. The van der Waals surface area contributed by atoms with Crippen LogP contribution in [-0.2, 0) is 9.59 Å². The molecule has 1 saturated heterocycles. The zero-order valence-corrected chi connectivity index (χ0v) is 13.5. The number of carbonyl (C=O) groups is 2. The van der Waals surface area contributed by atoms with Gasteiger partial charge in [0.25, 0.3) is 0 Å². The molecule has 3 rings (SSSR count). The molecule has 1 aromatic carbocycles. The lowest BCUT2D eigenvalue weighted by Crippen LogP contribution is -2.48. The van der Waals surface area contributed by atoms with E-state index in [0.29, 0.717) is 13.0 Å². The number of hydrogen-bond donors (Lipinski definition) is 1. The van der Waals surface area contributed by atoms with Crippen LogP contribution in [0.25, 0.3) is 10.2 Å². The molecule has 2 aromatic rings. The number of para-hydroxylation sites is 1. The number of benzene rings is 1. The zero-order chi connectivity index (χ0) is 15.5. The highest BCUT2D eigenvalue weighted by Crippen LogP contribution is 2.30. The monoisotopic (exact) mass is 336 g/mol. The molecular weight excluding hydrogens is 320 g/mol. The Labute approximate surface area is 136 Å². The number of carboxylic acid groups (broad SMARTS) is 1. The van der Waals surface area contributed by atoms with Crippen LogP contribution in [0.1, 0.15) is 19.3 Å². The number of aromatic nitrogens is 1. The van der Waals surface area contributed by atoms with Gasteiger partial charge in [-0.3, -0.25) is 4.79 Å². The minimum absolute atomic E-state index is 0.114.